The number of benzene rings is 2. The Hall–Kier alpha value is -0.716. The van der Waals surface area contributed by atoms with Crippen LogP contribution in [-0.4, -0.2) is 0 Å². The summed E-state index contributed by atoms with van der Waals surface area (Å²) in [7, 11) is 0. The zero-order chi connectivity index (χ0) is 10.7. The predicted octanol–water partition coefficient (Wildman–Crippen LogP) is 1.83. The molecule has 0 N–H and O–H groups in total. The van der Waals surface area contributed by atoms with Crippen molar-refractivity contribution in [1.29, 1.82) is 0 Å². The van der Waals surface area contributed by atoms with E-state index in [1.807, 2.05) is 24.3 Å². The van der Waals surface area contributed by atoms with Crippen LogP contribution in [-0.2, 0) is 32.7 Å². The molecule has 0 atom stereocenters. The summed E-state index contributed by atoms with van der Waals surface area (Å²) in [6.07, 6.45) is 2.05. The molecule has 0 unspecified atom stereocenters. The van der Waals surface area contributed by atoms with Gasteiger partial charge in [-0.1, -0.05) is 6.92 Å². The van der Waals surface area contributed by atoms with E-state index in [0.717, 1.165) is 16.0 Å². The Morgan fingerprint density at radius 3 is 2.44 bits per heavy atom. The van der Waals surface area contributed by atoms with Crippen LogP contribution in [0.15, 0.2) is 36.4 Å². The van der Waals surface area contributed by atoms with Gasteiger partial charge < -0.3 is 0 Å². The third kappa shape index (κ3) is 3.70. The summed E-state index contributed by atoms with van der Waals surface area (Å²) in [4.78, 5) is 0. The average Bonchev–Trinajstić information content (AvgIpc) is 2.25. The van der Waals surface area contributed by atoms with Gasteiger partial charge in [0.05, 0.1) is 0 Å². The van der Waals surface area contributed by atoms with Crippen molar-refractivity contribution in [2.24, 2.45) is 0 Å². The number of aryl methyl sites for hydroxylation is 1. The summed E-state index contributed by atoms with van der Waals surface area (Å²) < 4.78 is 0. The molecule has 0 saturated carbocycles. The Labute approximate surface area is 122 Å². The van der Waals surface area contributed by atoms with Crippen molar-refractivity contribution >= 4 is 12.7 Å². The molecule has 0 aliphatic carbocycles. The molecular formula is C15H12Y-2. The Kier molecular flexibility index (Phi) is 5.11. The minimum absolute atomic E-state index is 0. The predicted molar refractivity (Wildman–Crippen MR) is 63.6 cm³/mol. The minimum atomic E-state index is 0. The second-order valence-electron chi connectivity index (χ2n) is 3.62. The molecule has 0 aliphatic heterocycles. The molecule has 0 amide bonds. The van der Waals surface area contributed by atoms with Gasteiger partial charge in [-0.3, -0.25) is 0 Å². The fraction of sp³-hybridized carbons (Fsp3) is 0.0667. The molecule has 1 radical (unpaired) electrons. The maximum Gasteiger partial charge on any atom is 0 e. The van der Waals surface area contributed by atoms with E-state index >= 15 is 0 Å². The second kappa shape index (κ2) is 6.13. The van der Waals surface area contributed by atoms with Crippen LogP contribution in [0.25, 0.3) is 12.7 Å². The first-order valence-electron chi connectivity index (χ1n) is 4.91. The summed E-state index contributed by atoms with van der Waals surface area (Å²) in [6.45, 7) is 5.89. The second-order valence-corrected chi connectivity index (χ2v) is 3.62. The maximum atomic E-state index is 3.83. The van der Waals surface area contributed by atoms with Gasteiger partial charge in [-0.15, -0.1) is 72.0 Å². The molecule has 2 aromatic carbocycles. The van der Waals surface area contributed by atoms with Crippen molar-refractivity contribution in [2.75, 3.05) is 0 Å². The number of rotatable bonds is 1. The summed E-state index contributed by atoms with van der Waals surface area (Å²) >= 11 is 0. The summed E-state index contributed by atoms with van der Waals surface area (Å²) in [6, 6.07) is 18.4. The van der Waals surface area contributed by atoms with E-state index in [2.05, 4.69) is 43.8 Å². The molecule has 1 heteroatoms. The van der Waals surface area contributed by atoms with Gasteiger partial charge >= 0.3 is 0 Å². The van der Waals surface area contributed by atoms with Gasteiger partial charge in [-0.05, 0) is 0 Å². The SMILES string of the molecule is C=c1c[c-]/c(=C\c2[c-]cc(C)cc2)cc1.[Y]. The fourth-order valence-corrected chi connectivity index (χ4v) is 1.33. The standard InChI is InChI=1S/C15H12.Y/c1-12-3-7-14(8-4-12)11-15-9-5-13(2)6-10-15;/h3-7,9,11H,1H2,2H3;/q-2;/b14-11-;. The van der Waals surface area contributed by atoms with Crippen molar-refractivity contribution in [2.45, 2.75) is 6.92 Å². The van der Waals surface area contributed by atoms with Crippen LogP contribution in [0.4, 0.5) is 0 Å². The van der Waals surface area contributed by atoms with Crippen LogP contribution >= 0.6 is 0 Å². The van der Waals surface area contributed by atoms with Gasteiger partial charge in [-0.2, -0.15) is 10.8 Å². The molecule has 0 bridgehead atoms. The van der Waals surface area contributed by atoms with E-state index in [4.69, 9.17) is 0 Å². The van der Waals surface area contributed by atoms with Gasteiger partial charge in [0.15, 0.2) is 0 Å². The van der Waals surface area contributed by atoms with Crippen LogP contribution in [0.5, 0.6) is 0 Å². The maximum absolute atomic E-state index is 3.83. The molecule has 0 aliphatic rings. The third-order valence-electron chi connectivity index (χ3n) is 2.20. The van der Waals surface area contributed by atoms with Crippen LogP contribution < -0.4 is 10.4 Å². The van der Waals surface area contributed by atoms with Gasteiger partial charge in [0, 0.05) is 32.7 Å². The number of hydrogen-bond donors (Lipinski definition) is 0. The zero-order valence-corrected chi connectivity index (χ0v) is 12.2. The van der Waals surface area contributed by atoms with E-state index in [1.165, 1.54) is 5.56 Å². The van der Waals surface area contributed by atoms with Crippen LogP contribution in [0, 0.1) is 19.1 Å². The molecule has 2 rings (SSSR count). The van der Waals surface area contributed by atoms with Crippen LogP contribution in [0.2, 0.25) is 0 Å². The summed E-state index contributed by atoms with van der Waals surface area (Å²) in [5.41, 5.74) is 2.30. The van der Waals surface area contributed by atoms with Crippen LogP contribution in [0.3, 0.4) is 0 Å². The monoisotopic (exact) mass is 281 g/mol. The Morgan fingerprint density at radius 1 is 1.06 bits per heavy atom. The molecule has 0 heterocycles. The largest absolute Gasteiger partial charge is 0.151 e. The average molecular weight is 281 g/mol. The zero-order valence-electron chi connectivity index (χ0n) is 9.33. The van der Waals surface area contributed by atoms with Crippen LogP contribution in [0.1, 0.15) is 11.1 Å². The molecular weight excluding hydrogens is 269 g/mol. The minimum Gasteiger partial charge on any atom is -0.151 e. The van der Waals surface area contributed by atoms with Crippen molar-refractivity contribution in [3.8, 4) is 0 Å². The quantitative estimate of drug-likeness (QED) is 0.700. The van der Waals surface area contributed by atoms with Crippen molar-refractivity contribution < 1.29 is 32.7 Å². The molecule has 0 spiro atoms. The Balaban J connectivity index is 0.00000128. The van der Waals surface area contributed by atoms with Crippen molar-refractivity contribution in [1.82, 2.24) is 0 Å². The molecule has 2 aromatic rings. The van der Waals surface area contributed by atoms with E-state index in [-0.39, 0.29) is 32.7 Å². The first kappa shape index (κ1) is 13.3. The topological polar surface area (TPSA) is 0 Å². The van der Waals surface area contributed by atoms with Gasteiger partial charge in [-0.25, -0.2) is 0 Å². The smallest absolute Gasteiger partial charge is 0 e. The van der Waals surface area contributed by atoms with E-state index in [0.29, 0.717) is 0 Å². The number of hydrogen-bond acceptors (Lipinski definition) is 0. The fourth-order valence-electron chi connectivity index (χ4n) is 1.33. The molecule has 0 nitrogen and oxygen atoms in total. The first-order valence-corrected chi connectivity index (χ1v) is 4.91. The first-order chi connectivity index (χ1) is 7.24. The third-order valence-corrected chi connectivity index (χ3v) is 2.20. The Morgan fingerprint density at radius 2 is 1.88 bits per heavy atom. The van der Waals surface area contributed by atoms with Gasteiger partial charge in [0.25, 0.3) is 0 Å². The molecule has 16 heavy (non-hydrogen) atoms. The Bertz CT molecular complexity index is 529. The van der Waals surface area contributed by atoms with E-state index in [1.54, 1.807) is 0 Å². The van der Waals surface area contributed by atoms with Gasteiger partial charge in [0.1, 0.15) is 0 Å². The van der Waals surface area contributed by atoms with Gasteiger partial charge in [0.2, 0.25) is 0 Å². The molecule has 0 aromatic heterocycles. The molecule has 0 saturated heterocycles. The summed E-state index contributed by atoms with van der Waals surface area (Å²) in [5, 5.41) is 2.04. The van der Waals surface area contributed by atoms with E-state index < -0.39 is 0 Å². The van der Waals surface area contributed by atoms with E-state index in [9.17, 15) is 0 Å². The van der Waals surface area contributed by atoms with Crippen molar-refractivity contribution in [3.05, 3.63) is 70.1 Å². The summed E-state index contributed by atoms with van der Waals surface area (Å²) in [5.74, 6) is 0. The molecule has 0 fully saturated rings. The molecule has 77 valence electrons. The normalized spacial score (nSPS) is 10.9. The van der Waals surface area contributed by atoms with Crippen molar-refractivity contribution in [3.63, 3.8) is 0 Å².